The van der Waals surface area contributed by atoms with E-state index in [1.165, 1.54) is 4.90 Å². The number of nitrogens with zero attached hydrogens (tertiary/aromatic N) is 1. The molecule has 2 unspecified atom stereocenters. The lowest BCUT2D eigenvalue weighted by molar-refractivity contribution is -0.142. The normalized spacial score (nSPS) is 18.4. The number of alkyl halides is 1. The van der Waals surface area contributed by atoms with Crippen molar-refractivity contribution in [2.24, 2.45) is 0 Å². The number of benzene rings is 1. The van der Waals surface area contributed by atoms with Crippen LogP contribution in [-0.4, -0.2) is 66.5 Å². The summed E-state index contributed by atoms with van der Waals surface area (Å²) in [7, 11) is 1.16. The van der Waals surface area contributed by atoms with Crippen LogP contribution in [0.4, 0.5) is 9.18 Å². The number of aliphatic hydroxyl groups excluding tert-OH is 1. The summed E-state index contributed by atoms with van der Waals surface area (Å²) >= 11 is 0. The Labute approximate surface area is 169 Å². The molecule has 2 rings (SSSR count). The van der Waals surface area contributed by atoms with Crippen molar-refractivity contribution in [2.45, 2.75) is 50.5 Å². The van der Waals surface area contributed by atoms with Crippen LogP contribution in [0.2, 0.25) is 0 Å². The lowest BCUT2D eigenvalue weighted by atomic mass is 10.0. The first kappa shape index (κ1) is 22.6. The first-order valence-electron chi connectivity index (χ1n) is 9.54. The Hall–Kier alpha value is -2.68. The Balaban J connectivity index is 2.01. The molecule has 3 atom stereocenters. The van der Waals surface area contributed by atoms with E-state index in [4.69, 9.17) is 4.74 Å². The van der Waals surface area contributed by atoms with Crippen molar-refractivity contribution in [3.05, 3.63) is 35.9 Å². The maximum absolute atomic E-state index is 12.9. The number of methoxy groups -OCH3 is 1. The number of amides is 2. The third-order valence-corrected chi connectivity index (χ3v) is 4.81. The van der Waals surface area contributed by atoms with Crippen LogP contribution < -0.4 is 5.32 Å². The van der Waals surface area contributed by atoms with E-state index in [1.807, 2.05) is 30.3 Å². The Bertz CT molecular complexity index is 687. The highest BCUT2D eigenvalue weighted by Gasteiger charge is 2.35. The molecule has 160 valence electrons. The van der Waals surface area contributed by atoms with Crippen molar-refractivity contribution in [1.82, 2.24) is 10.2 Å². The highest BCUT2D eigenvalue weighted by molar-refractivity contribution is 5.86. The van der Waals surface area contributed by atoms with Crippen LogP contribution in [0.25, 0.3) is 0 Å². The summed E-state index contributed by atoms with van der Waals surface area (Å²) in [5, 5.41) is 12.3. The van der Waals surface area contributed by atoms with Gasteiger partial charge in [-0.3, -0.25) is 14.5 Å². The van der Waals surface area contributed by atoms with E-state index in [2.05, 4.69) is 10.1 Å². The van der Waals surface area contributed by atoms with Crippen molar-refractivity contribution in [1.29, 1.82) is 0 Å². The summed E-state index contributed by atoms with van der Waals surface area (Å²) in [5.41, 5.74) is 0.822. The van der Waals surface area contributed by atoms with Gasteiger partial charge in [0.05, 0.1) is 19.6 Å². The number of rotatable bonds is 8. The summed E-state index contributed by atoms with van der Waals surface area (Å²) < 4.78 is 22.8. The molecule has 0 radical (unpaired) electrons. The average molecular weight is 410 g/mol. The van der Waals surface area contributed by atoms with Gasteiger partial charge in [0.15, 0.2) is 0 Å². The fourth-order valence-electron chi connectivity index (χ4n) is 3.16. The lowest BCUT2D eigenvalue weighted by Crippen LogP contribution is -2.56. The van der Waals surface area contributed by atoms with Gasteiger partial charge in [-0.1, -0.05) is 30.3 Å². The number of nitrogens with one attached hydrogen (secondary N) is 1. The molecule has 0 spiro atoms. The largest absolute Gasteiger partial charge is 0.469 e. The van der Waals surface area contributed by atoms with Crippen molar-refractivity contribution in [3.63, 3.8) is 0 Å². The molecular weight excluding hydrogens is 383 g/mol. The van der Waals surface area contributed by atoms with Gasteiger partial charge in [-0.15, -0.1) is 0 Å². The second-order valence-electron chi connectivity index (χ2n) is 6.86. The summed E-state index contributed by atoms with van der Waals surface area (Å²) in [4.78, 5) is 38.1. The first-order chi connectivity index (χ1) is 14.0. The number of hydrogen-bond donors (Lipinski definition) is 2. The van der Waals surface area contributed by atoms with Gasteiger partial charge in [0.2, 0.25) is 5.91 Å². The second-order valence-corrected chi connectivity index (χ2v) is 6.86. The zero-order valence-electron chi connectivity index (χ0n) is 16.4. The molecule has 2 N–H and O–H groups in total. The zero-order chi connectivity index (χ0) is 21.2. The molecule has 2 amide bonds. The van der Waals surface area contributed by atoms with Gasteiger partial charge < -0.3 is 19.9 Å². The summed E-state index contributed by atoms with van der Waals surface area (Å²) in [6, 6.07) is 7.19. The minimum Gasteiger partial charge on any atom is -0.469 e. The van der Waals surface area contributed by atoms with Crippen LogP contribution in [0.1, 0.15) is 31.2 Å². The molecule has 1 aliphatic rings. The predicted octanol–water partition coefficient (Wildman–Crippen LogP) is 1.56. The third-order valence-electron chi connectivity index (χ3n) is 4.81. The van der Waals surface area contributed by atoms with Gasteiger partial charge in [0, 0.05) is 6.54 Å². The molecule has 1 aliphatic heterocycles. The molecule has 29 heavy (non-hydrogen) atoms. The van der Waals surface area contributed by atoms with Gasteiger partial charge in [-0.25, -0.2) is 9.18 Å². The van der Waals surface area contributed by atoms with Crippen molar-refractivity contribution >= 4 is 18.0 Å². The molecule has 1 heterocycles. The predicted molar refractivity (Wildman–Crippen MR) is 102 cm³/mol. The molecule has 0 aliphatic carbocycles. The van der Waals surface area contributed by atoms with Crippen molar-refractivity contribution in [3.8, 4) is 0 Å². The van der Waals surface area contributed by atoms with Crippen LogP contribution in [-0.2, 0) is 25.7 Å². The van der Waals surface area contributed by atoms with E-state index in [0.717, 1.165) is 25.5 Å². The molecule has 8 nitrogen and oxygen atoms in total. The molecule has 1 fully saturated rings. The van der Waals surface area contributed by atoms with Gasteiger partial charge in [-0.2, -0.15) is 0 Å². The molecule has 1 aromatic rings. The van der Waals surface area contributed by atoms with Crippen molar-refractivity contribution < 1.29 is 33.4 Å². The SMILES string of the molecule is COC(=O)CC(NC(=O)[C@@H]1CCCCN1C(=O)OCc1ccccc1)C(O)CF. The molecule has 0 saturated carbocycles. The minimum absolute atomic E-state index is 0.0794. The van der Waals surface area contributed by atoms with E-state index in [0.29, 0.717) is 13.0 Å². The maximum atomic E-state index is 12.9. The number of halogens is 1. The number of aliphatic hydroxyl groups is 1. The van der Waals surface area contributed by atoms with E-state index in [9.17, 15) is 23.9 Å². The Morgan fingerprint density at radius 1 is 1.28 bits per heavy atom. The van der Waals surface area contributed by atoms with E-state index in [-0.39, 0.29) is 13.0 Å². The number of piperidine rings is 1. The van der Waals surface area contributed by atoms with Gasteiger partial charge in [0.25, 0.3) is 0 Å². The summed E-state index contributed by atoms with van der Waals surface area (Å²) in [6.07, 6.45) is -0.692. The molecule has 0 bridgehead atoms. The first-order valence-corrected chi connectivity index (χ1v) is 9.54. The van der Waals surface area contributed by atoms with E-state index < -0.39 is 42.8 Å². The lowest BCUT2D eigenvalue weighted by Gasteiger charge is -2.35. The average Bonchev–Trinajstić information content (AvgIpc) is 2.76. The smallest absolute Gasteiger partial charge is 0.410 e. The van der Waals surface area contributed by atoms with Gasteiger partial charge in [-0.05, 0) is 24.8 Å². The minimum atomic E-state index is -1.56. The molecule has 1 saturated heterocycles. The molecule has 9 heteroatoms. The van der Waals surface area contributed by atoms with Crippen LogP contribution in [0.3, 0.4) is 0 Å². The summed E-state index contributed by atoms with van der Waals surface area (Å²) in [5.74, 6) is -1.26. The quantitative estimate of drug-likeness (QED) is 0.630. The van der Waals surface area contributed by atoms with Gasteiger partial charge >= 0.3 is 12.1 Å². The number of carbonyl (C=O) groups is 3. The van der Waals surface area contributed by atoms with Crippen LogP contribution in [0.5, 0.6) is 0 Å². The third kappa shape index (κ3) is 6.70. The van der Waals surface area contributed by atoms with Crippen LogP contribution in [0.15, 0.2) is 30.3 Å². The molecular formula is C20H27FN2O6. The van der Waals surface area contributed by atoms with Gasteiger partial charge in [0.1, 0.15) is 25.4 Å². The van der Waals surface area contributed by atoms with Crippen molar-refractivity contribution in [2.75, 3.05) is 20.3 Å². The highest BCUT2D eigenvalue weighted by Crippen LogP contribution is 2.19. The van der Waals surface area contributed by atoms with E-state index >= 15 is 0 Å². The van der Waals surface area contributed by atoms with E-state index in [1.54, 1.807) is 0 Å². The van der Waals surface area contributed by atoms with Crippen LogP contribution in [0, 0.1) is 0 Å². The second kappa shape index (κ2) is 11.4. The van der Waals surface area contributed by atoms with Crippen LogP contribution >= 0.6 is 0 Å². The molecule has 0 aromatic heterocycles. The monoisotopic (exact) mass is 410 g/mol. The summed E-state index contributed by atoms with van der Waals surface area (Å²) in [6.45, 7) is -0.704. The number of carbonyl (C=O) groups excluding carboxylic acids is 3. The Morgan fingerprint density at radius 3 is 2.66 bits per heavy atom. The number of hydrogen-bond acceptors (Lipinski definition) is 6. The standard InChI is InChI=1S/C20H27FN2O6/c1-28-18(25)11-15(17(24)12-21)22-19(26)16-9-5-6-10-23(16)20(27)29-13-14-7-3-2-4-8-14/h2-4,7-8,15-17,24H,5-6,9-13H2,1H3,(H,22,26)/t15?,16-,17?/m0/s1. The zero-order valence-corrected chi connectivity index (χ0v) is 16.4. The fourth-order valence-corrected chi connectivity index (χ4v) is 3.16. The number of likely N-dealkylation sites (tertiary alicyclic amines) is 1. The number of esters is 1. The highest BCUT2D eigenvalue weighted by atomic mass is 19.1. The molecule has 1 aromatic carbocycles. The Morgan fingerprint density at radius 2 is 2.00 bits per heavy atom. The fraction of sp³-hybridized carbons (Fsp3) is 0.550. The Kier molecular flexibility index (Phi) is 8.85. The number of ether oxygens (including phenoxy) is 2. The maximum Gasteiger partial charge on any atom is 0.410 e. The topological polar surface area (TPSA) is 105 Å².